The number of hydrogen-bond acceptors (Lipinski definition) is 4. The van der Waals surface area contributed by atoms with Gasteiger partial charge in [0.25, 0.3) is 0 Å². The van der Waals surface area contributed by atoms with Gasteiger partial charge in [-0.05, 0) is 89.9 Å². The van der Waals surface area contributed by atoms with Gasteiger partial charge in [-0.2, -0.15) is 0 Å². The van der Waals surface area contributed by atoms with Gasteiger partial charge in [0.2, 0.25) is 0 Å². The smallest absolute Gasteiger partial charge is 0.333 e. The summed E-state index contributed by atoms with van der Waals surface area (Å²) in [6.07, 6.45) is 3.83. The summed E-state index contributed by atoms with van der Waals surface area (Å²) < 4.78 is 11.6. The number of benzene rings is 4. The molecule has 0 saturated heterocycles. The fraction of sp³-hybridized carbons (Fsp3) is 0.375. The van der Waals surface area contributed by atoms with E-state index in [2.05, 4.69) is 92.5 Å². The van der Waals surface area contributed by atoms with E-state index < -0.39 is 12.1 Å². The average Bonchev–Trinajstić information content (AvgIpc) is 3.21. The zero-order chi connectivity index (χ0) is 31.8. The van der Waals surface area contributed by atoms with Gasteiger partial charge in [-0.15, -0.1) is 0 Å². The molecule has 45 heavy (non-hydrogen) atoms. The molecule has 0 fully saturated rings. The van der Waals surface area contributed by atoms with Crippen LogP contribution < -0.4 is 4.74 Å². The van der Waals surface area contributed by atoms with Crippen LogP contribution in [0.4, 0.5) is 0 Å². The molecule has 4 aromatic carbocycles. The Morgan fingerprint density at radius 2 is 1.60 bits per heavy atom. The van der Waals surface area contributed by atoms with Crippen molar-refractivity contribution >= 4 is 5.97 Å². The van der Waals surface area contributed by atoms with Crippen molar-refractivity contribution in [2.75, 3.05) is 26.8 Å². The Labute approximate surface area is 268 Å². The zero-order valence-corrected chi connectivity index (χ0v) is 27.2. The van der Waals surface area contributed by atoms with Crippen molar-refractivity contribution in [3.05, 3.63) is 136 Å². The molecule has 5 heteroatoms. The minimum Gasteiger partial charge on any atom is -0.492 e. The summed E-state index contributed by atoms with van der Waals surface area (Å²) >= 11 is 0. The highest BCUT2D eigenvalue weighted by Crippen LogP contribution is 2.39. The number of nitrogens with zero attached hydrogens (tertiary/aromatic N) is 1. The molecule has 4 aromatic rings. The second-order valence-corrected chi connectivity index (χ2v) is 12.2. The summed E-state index contributed by atoms with van der Waals surface area (Å²) in [7, 11) is 2.21. The minimum atomic E-state index is -0.940. The molecule has 0 aromatic heterocycles. The first-order valence-corrected chi connectivity index (χ1v) is 16.4. The van der Waals surface area contributed by atoms with Crippen molar-refractivity contribution in [1.29, 1.82) is 0 Å². The molecule has 0 heterocycles. The molecule has 0 aliphatic heterocycles. The summed E-state index contributed by atoms with van der Waals surface area (Å²) in [6.45, 7) is 8.02. The number of hydrogen-bond donors (Lipinski definition) is 1. The largest absolute Gasteiger partial charge is 0.492 e. The molecule has 0 amide bonds. The first-order chi connectivity index (χ1) is 21.9. The molecule has 0 spiro atoms. The molecular weight excluding hydrogens is 558 g/mol. The third-order valence-corrected chi connectivity index (χ3v) is 9.11. The number of fused-ring (bicyclic) bond motifs is 2. The summed E-state index contributed by atoms with van der Waals surface area (Å²) in [6, 6.07) is 32.9. The fourth-order valence-corrected chi connectivity index (χ4v) is 6.59. The van der Waals surface area contributed by atoms with Crippen LogP contribution in [0.25, 0.3) is 0 Å². The highest BCUT2D eigenvalue weighted by Gasteiger charge is 2.28. The Morgan fingerprint density at radius 3 is 2.31 bits per heavy atom. The third-order valence-electron chi connectivity index (χ3n) is 9.11. The van der Waals surface area contributed by atoms with Crippen LogP contribution >= 0.6 is 0 Å². The van der Waals surface area contributed by atoms with E-state index in [0.717, 1.165) is 43.5 Å². The lowest BCUT2D eigenvalue weighted by molar-refractivity contribution is -0.149. The zero-order valence-electron chi connectivity index (χ0n) is 27.2. The van der Waals surface area contributed by atoms with Gasteiger partial charge < -0.3 is 14.6 Å². The van der Waals surface area contributed by atoms with Crippen LogP contribution in [0.1, 0.15) is 83.7 Å². The summed E-state index contributed by atoms with van der Waals surface area (Å²) in [4.78, 5) is 13.9. The maximum absolute atomic E-state index is 11.5. The molecule has 3 atom stereocenters. The number of likely N-dealkylation sites (N-methyl/N-ethyl adjacent to an activating group) is 1. The van der Waals surface area contributed by atoms with E-state index in [9.17, 15) is 9.90 Å². The summed E-state index contributed by atoms with van der Waals surface area (Å²) in [5.74, 6) is 0.146. The molecule has 1 aliphatic rings. The number of aryl methyl sites for hydroxylation is 3. The van der Waals surface area contributed by atoms with Crippen LogP contribution in [0.5, 0.6) is 5.75 Å². The number of rotatable bonds is 14. The molecule has 5 rings (SSSR count). The molecule has 5 nitrogen and oxygen atoms in total. The van der Waals surface area contributed by atoms with Crippen LogP contribution in [0.3, 0.4) is 0 Å². The van der Waals surface area contributed by atoms with Crippen LogP contribution in [0.2, 0.25) is 0 Å². The molecule has 0 bridgehead atoms. The van der Waals surface area contributed by atoms with Crippen molar-refractivity contribution in [2.24, 2.45) is 0 Å². The predicted octanol–water partition coefficient (Wildman–Crippen LogP) is 8.02. The Balaban J connectivity index is 1.36. The molecule has 0 saturated carbocycles. The van der Waals surface area contributed by atoms with E-state index in [4.69, 9.17) is 9.47 Å². The first-order valence-electron chi connectivity index (χ1n) is 16.4. The van der Waals surface area contributed by atoms with Crippen molar-refractivity contribution in [3.8, 4) is 5.75 Å². The van der Waals surface area contributed by atoms with Gasteiger partial charge in [0, 0.05) is 25.5 Å². The fourth-order valence-electron chi connectivity index (χ4n) is 6.59. The number of aliphatic carboxylic acids is 1. The maximum atomic E-state index is 11.5. The molecule has 3 unspecified atom stereocenters. The topological polar surface area (TPSA) is 59.0 Å². The van der Waals surface area contributed by atoms with E-state index in [1.54, 1.807) is 0 Å². The Bertz CT molecular complexity index is 1550. The van der Waals surface area contributed by atoms with Crippen LogP contribution in [-0.2, 0) is 35.2 Å². The maximum Gasteiger partial charge on any atom is 0.333 e. The Morgan fingerprint density at radius 1 is 0.867 bits per heavy atom. The summed E-state index contributed by atoms with van der Waals surface area (Å²) in [5.41, 5.74) is 10.7. The van der Waals surface area contributed by atoms with Crippen molar-refractivity contribution < 1.29 is 19.4 Å². The molecule has 236 valence electrons. The van der Waals surface area contributed by atoms with E-state index in [1.807, 2.05) is 31.2 Å². The van der Waals surface area contributed by atoms with Gasteiger partial charge in [0.05, 0.1) is 6.04 Å². The van der Waals surface area contributed by atoms with Gasteiger partial charge in [-0.25, -0.2) is 4.79 Å². The van der Waals surface area contributed by atoms with Gasteiger partial charge in [0.15, 0.2) is 6.10 Å². The lowest BCUT2D eigenvalue weighted by Gasteiger charge is -2.31. The van der Waals surface area contributed by atoms with Crippen LogP contribution in [-0.4, -0.2) is 48.9 Å². The quantitative estimate of drug-likeness (QED) is 0.158. The van der Waals surface area contributed by atoms with Gasteiger partial charge in [0.1, 0.15) is 12.4 Å². The standard InChI is InChI=1S/C40H47NO4/c1-5-10-29-15-22-36-34(25-29)19-17-32-16-18-33(28(3)31-11-8-7-9-12-31)27-37(32)39(36)41(4)23-24-45-35-20-13-30(14-21-35)26-38(40(42)43)44-6-2/h7-9,11-16,18,20-22,25,27-28,38-39H,5-6,10,17,19,23-24,26H2,1-4H3,(H,42,43). The van der Waals surface area contributed by atoms with Crippen molar-refractivity contribution in [2.45, 2.75) is 70.9 Å². The summed E-state index contributed by atoms with van der Waals surface area (Å²) in [5, 5.41) is 9.41. The monoisotopic (exact) mass is 605 g/mol. The molecule has 1 aliphatic carbocycles. The average molecular weight is 606 g/mol. The van der Waals surface area contributed by atoms with E-state index >= 15 is 0 Å². The normalized spacial score (nSPS) is 15.5. The van der Waals surface area contributed by atoms with Crippen molar-refractivity contribution in [3.63, 3.8) is 0 Å². The highest BCUT2D eigenvalue weighted by molar-refractivity contribution is 5.72. The first kappa shape index (κ1) is 32.5. The second-order valence-electron chi connectivity index (χ2n) is 12.2. The number of carboxylic acids is 1. The van der Waals surface area contributed by atoms with Crippen LogP contribution in [0.15, 0.2) is 91.0 Å². The molecule has 1 N–H and O–H groups in total. The van der Waals surface area contributed by atoms with Gasteiger partial charge >= 0.3 is 5.97 Å². The lowest BCUT2D eigenvalue weighted by atomic mass is 9.87. The van der Waals surface area contributed by atoms with E-state index in [-0.39, 0.29) is 6.04 Å². The number of carbonyl (C=O) groups is 1. The van der Waals surface area contributed by atoms with Gasteiger partial charge in [-0.3, -0.25) is 4.90 Å². The number of carboxylic acid groups (broad SMARTS) is 1. The Kier molecular flexibility index (Phi) is 11.1. The molecular formula is C40H47NO4. The molecule has 0 radical (unpaired) electrons. The predicted molar refractivity (Wildman–Crippen MR) is 181 cm³/mol. The van der Waals surface area contributed by atoms with E-state index in [1.165, 1.54) is 38.9 Å². The highest BCUT2D eigenvalue weighted by atomic mass is 16.5. The number of ether oxygens (including phenoxy) is 2. The lowest BCUT2D eigenvalue weighted by Crippen LogP contribution is -2.30. The van der Waals surface area contributed by atoms with Crippen LogP contribution in [0, 0.1) is 0 Å². The Hall–Kier alpha value is -3.93. The SMILES string of the molecule is CCCc1ccc2c(c1)CCc1ccc(C(C)c3ccccc3)cc1C2N(C)CCOc1ccc(CC(OCC)C(=O)O)cc1. The second kappa shape index (κ2) is 15.4. The van der Waals surface area contributed by atoms with E-state index in [0.29, 0.717) is 25.6 Å². The van der Waals surface area contributed by atoms with Crippen molar-refractivity contribution in [1.82, 2.24) is 4.90 Å². The van der Waals surface area contributed by atoms with Gasteiger partial charge in [-0.1, -0.05) is 99.1 Å². The minimum absolute atomic E-state index is 0.133. The third kappa shape index (κ3) is 8.02.